The molecule has 5 heteroatoms. The second kappa shape index (κ2) is 2.51. The van der Waals surface area contributed by atoms with E-state index in [9.17, 15) is 4.79 Å². The predicted octanol–water partition coefficient (Wildman–Crippen LogP) is -0.0745. The van der Waals surface area contributed by atoms with Crippen molar-refractivity contribution in [1.29, 1.82) is 0 Å². The van der Waals surface area contributed by atoms with E-state index in [1.165, 1.54) is 0 Å². The van der Waals surface area contributed by atoms with E-state index in [1.807, 2.05) is 0 Å². The van der Waals surface area contributed by atoms with Gasteiger partial charge in [-0.3, -0.25) is 10.2 Å². The lowest BCUT2D eigenvalue weighted by atomic mass is 9.97. The lowest BCUT2D eigenvalue weighted by Gasteiger charge is -2.14. The lowest BCUT2D eigenvalue weighted by molar-refractivity contribution is 0.0952. The van der Waals surface area contributed by atoms with Gasteiger partial charge in [0.25, 0.3) is 5.91 Å². The number of rotatable bonds is 1. The number of carbonyl (C=O) groups excluding carboxylic acids is 1. The molecule has 1 fully saturated rings. The van der Waals surface area contributed by atoms with E-state index in [0.29, 0.717) is 11.5 Å². The van der Waals surface area contributed by atoms with E-state index in [4.69, 9.17) is 5.84 Å². The first-order valence-electron chi connectivity index (χ1n) is 4.78. The van der Waals surface area contributed by atoms with Gasteiger partial charge in [0, 0.05) is 30.8 Å². The molecule has 0 saturated carbocycles. The third-order valence-electron chi connectivity index (χ3n) is 3.19. The van der Waals surface area contributed by atoms with Gasteiger partial charge >= 0.3 is 0 Å². The van der Waals surface area contributed by atoms with Gasteiger partial charge in [-0.1, -0.05) is 0 Å². The van der Waals surface area contributed by atoms with Crippen LogP contribution in [0.15, 0.2) is 6.20 Å². The molecule has 2 aliphatic heterocycles. The van der Waals surface area contributed by atoms with Gasteiger partial charge in [0.1, 0.15) is 5.82 Å². The zero-order valence-electron chi connectivity index (χ0n) is 7.71. The zero-order valence-corrected chi connectivity index (χ0v) is 7.71. The van der Waals surface area contributed by atoms with Crippen LogP contribution >= 0.6 is 0 Å². The van der Waals surface area contributed by atoms with Gasteiger partial charge in [-0.15, -0.1) is 0 Å². The minimum Gasteiger partial charge on any atom is -0.357 e. The summed E-state index contributed by atoms with van der Waals surface area (Å²) in [6.07, 6.45) is 2.90. The summed E-state index contributed by atoms with van der Waals surface area (Å²) in [4.78, 5) is 16.9. The number of aromatic nitrogens is 1. The van der Waals surface area contributed by atoms with E-state index in [0.717, 1.165) is 30.9 Å². The van der Waals surface area contributed by atoms with Crippen LogP contribution < -0.4 is 16.2 Å². The molecule has 2 bridgehead atoms. The lowest BCUT2D eigenvalue weighted by Crippen LogP contribution is -2.30. The molecule has 2 aliphatic rings. The highest BCUT2D eigenvalue weighted by atomic mass is 16.2. The van der Waals surface area contributed by atoms with Gasteiger partial charge in [-0.05, 0) is 6.42 Å². The number of fused-ring (bicyclic) bond motifs is 5. The molecule has 1 aromatic heterocycles. The number of nitrogens with two attached hydrogens (primary N) is 1. The number of hydrogen-bond donors (Lipinski definition) is 3. The van der Waals surface area contributed by atoms with Crippen LogP contribution in [-0.4, -0.2) is 24.0 Å². The van der Waals surface area contributed by atoms with Gasteiger partial charge in [0.05, 0.1) is 5.56 Å². The van der Waals surface area contributed by atoms with Crippen molar-refractivity contribution in [3.8, 4) is 0 Å². The molecule has 74 valence electrons. The van der Waals surface area contributed by atoms with E-state index in [1.54, 1.807) is 6.20 Å². The maximum Gasteiger partial charge on any atom is 0.267 e. The van der Waals surface area contributed by atoms with Crippen molar-refractivity contribution >= 4 is 11.7 Å². The third kappa shape index (κ3) is 0.798. The number of nitrogens with zero attached hydrogens (tertiary/aromatic N) is 1. The SMILES string of the molecule is NNC(=O)c1c[nH]c2c1C1CCN2C1. The Balaban J connectivity index is 2.10. The maximum atomic E-state index is 11.4. The molecule has 1 amide bonds. The average Bonchev–Trinajstić information content (AvgIpc) is 2.87. The summed E-state index contributed by atoms with van der Waals surface area (Å²) in [6.45, 7) is 2.15. The number of aromatic amines is 1. The van der Waals surface area contributed by atoms with Crippen LogP contribution in [0.3, 0.4) is 0 Å². The number of hydrazine groups is 1. The molecule has 1 atom stereocenters. The van der Waals surface area contributed by atoms with E-state index >= 15 is 0 Å². The molecule has 5 nitrogen and oxygen atoms in total. The van der Waals surface area contributed by atoms with Crippen molar-refractivity contribution < 1.29 is 4.79 Å². The standard InChI is InChI=1S/C9H12N4O/c10-12-9(14)6-3-11-8-7(6)5-1-2-13(8)4-5/h3,5,11H,1-2,4,10H2,(H,12,14). The fraction of sp³-hybridized carbons (Fsp3) is 0.444. The maximum absolute atomic E-state index is 11.4. The van der Waals surface area contributed by atoms with Crippen molar-refractivity contribution in [2.75, 3.05) is 18.0 Å². The van der Waals surface area contributed by atoms with E-state index in [2.05, 4.69) is 15.3 Å². The van der Waals surface area contributed by atoms with Crippen molar-refractivity contribution in [2.24, 2.45) is 5.84 Å². The first kappa shape index (κ1) is 7.87. The van der Waals surface area contributed by atoms with Crippen LogP contribution in [0.4, 0.5) is 5.82 Å². The molecular formula is C9H12N4O. The molecule has 4 N–H and O–H groups in total. The van der Waals surface area contributed by atoms with Crippen molar-refractivity contribution in [3.63, 3.8) is 0 Å². The van der Waals surface area contributed by atoms with Gasteiger partial charge in [-0.2, -0.15) is 0 Å². The van der Waals surface area contributed by atoms with Gasteiger partial charge in [0.15, 0.2) is 0 Å². The minimum atomic E-state index is -0.198. The number of carbonyl (C=O) groups is 1. The first-order chi connectivity index (χ1) is 6.81. The van der Waals surface area contributed by atoms with Crippen LogP contribution in [0.1, 0.15) is 28.3 Å². The Bertz CT molecular complexity index is 398. The third-order valence-corrected chi connectivity index (χ3v) is 3.19. The molecule has 1 aromatic rings. The van der Waals surface area contributed by atoms with Crippen molar-refractivity contribution in [2.45, 2.75) is 12.3 Å². The quantitative estimate of drug-likeness (QED) is 0.331. The number of amides is 1. The van der Waals surface area contributed by atoms with Gasteiger partial charge in [-0.25, -0.2) is 5.84 Å². The molecule has 1 unspecified atom stereocenters. The fourth-order valence-corrected chi connectivity index (χ4v) is 2.56. The molecular weight excluding hydrogens is 180 g/mol. The van der Waals surface area contributed by atoms with E-state index < -0.39 is 0 Å². The summed E-state index contributed by atoms with van der Waals surface area (Å²) in [5.74, 6) is 6.56. The number of anilines is 1. The molecule has 0 aliphatic carbocycles. The number of nitrogen functional groups attached to an aromatic ring is 1. The summed E-state index contributed by atoms with van der Waals surface area (Å²) >= 11 is 0. The average molecular weight is 192 g/mol. The fourth-order valence-electron chi connectivity index (χ4n) is 2.56. The molecule has 0 radical (unpaired) electrons. The van der Waals surface area contributed by atoms with Crippen LogP contribution in [0.25, 0.3) is 0 Å². The number of nitrogens with one attached hydrogen (secondary N) is 2. The molecule has 0 aromatic carbocycles. The second-order valence-electron chi connectivity index (χ2n) is 3.87. The molecule has 0 spiro atoms. The highest BCUT2D eigenvalue weighted by molar-refractivity contribution is 5.97. The summed E-state index contributed by atoms with van der Waals surface area (Å²) in [5, 5.41) is 0. The Kier molecular flexibility index (Phi) is 1.41. The Hall–Kier alpha value is -1.49. The van der Waals surface area contributed by atoms with Crippen LogP contribution in [0.5, 0.6) is 0 Å². The Morgan fingerprint density at radius 3 is 3.36 bits per heavy atom. The monoisotopic (exact) mass is 192 g/mol. The number of H-pyrrole nitrogens is 1. The van der Waals surface area contributed by atoms with Crippen molar-refractivity contribution in [1.82, 2.24) is 10.4 Å². The largest absolute Gasteiger partial charge is 0.357 e. The second-order valence-corrected chi connectivity index (χ2v) is 3.87. The topological polar surface area (TPSA) is 74.1 Å². The molecule has 1 saturated heterocycles. The normalized spacial score (nSPS) is 22.6. The minimum absolute atomic E-state index is 0.198. The molecule has 3 rings (SSSR count). The Morgan fingerprint density at radius 2 is 2.57 bits per heavy atom. The summed E-state index contributed by atoms with van der Waals surface area (Å²) in [6, 6.07) is 0. The van der Waals surface area contributed by atoms with Gasteiger partial charge < -0.3 is 9.88 Å². The van der Waals surface area contributed by atoms with Crippen molar-refractivity contribution in [3.05, 3.63) is 17.3 Å². The summed E-state index contributed by atoms with van der Waals surface area (Å²) in [5.41, 5.74) is 4.03. The van der Waals surface area contributed by atoms with Crippen LogP contribution in [-0.2, 0) is 0 Å². The Labute approximate surface area is 81.2 Å². The predicted molar refractivity (Wildman–Crippen MR) is 52.0 cm³/mol. The van der Waals surface area contributed by atoms with Gasteiger partial charge in [0.2, 0.25) is 0 Å². The highest BCUT2D eigenvalue weighted by Gasteiger charge is 2.38. The summed E-state index contributed by atoms with van der Waals surface area (Å²) < 4.78 is 0. The smallest absolute Gasteiger partial charge is 0.267 e. The summed E-state index contributed by atoms with van der Waals surface area (Å²) in [7, 11) is 0. The van der Waals surface area contributed by atoms with Crippen LogP contribution in [0.2, 0.25) is 0 Å². The molecule has 3 heterocycles. The highest BCUT2D eigenvalue weighted by Crippen LogP contribution is 2.44. The zero-order chi connectivity index (χ0) is 9.71. The van der Waals surface area contributed by atoms with E-state index in [-0.39, 0.29) is 5.91 Å². The van der Waals surface area contributed by atoms with Crippen LogP contribution in [0, 0.1) is 0 Å². The number of hydrogen-bond acceptors (Lipinski definition) is 3. The molecule has 14 heavy (non-hydrogen) atoms. The first-order valence-corrected chi connectivity index (χ1v) is 4.78. The Morgan fingerprint density at radius 1 is 1.71 bits per heavy atom.